The lowest BCUT2D eigenvalue weighted by Gasteiger charge is -2.33. The number of halogens is 3. The first-order valence-electron chi connectivity index (χ1n) is 7.35. The Morgan fingerprint density at radius 2 is 1.65 bits per heavy atom. The summed E-state index contributed by atoms with van der Waals surface area (Å²) >= 11 is 2.01. The molecule has 2 aliphatic heterocycles. The molecule has 0 radical (unpaired) electrons. The summed E-state index contributed by atoms with van der Waals surface area (Å²) in [7, 11) is 0. The van der Waals surface area contributed by atoms with E-state index in [1.54, 1.807) is 0 Å². The second-order valence-electron chi connectivity index (χ2n) is 5.57. The first-order chi connectivity index (χ1) is 9.53. The fraction of sp³-hybridized carbons (Fsp3) is 1.00. The van der Waals surface area contributed by atoms with E-state index in [0.717, 1.165) is 39.0 Å². The van der Waals surface area contributed by atoms with E-state index in [-0.39, 0.29) is 0 Å². The van der Waals surface area contributed by atoms with Crippen LogP contribution in [-0.4, -0.2) is 79.3 Å². The van der Waals surface area contributed by atoms with Crippen molar-refractivity contribution in [3.05, 3.63) is 0 Å². The number of thioether (sulfide) groups is 1. The van der Waals surface area contributed by atoms with E-state index in [4.69, 9.17) is 0 Å². The Kier molecular flexibility index (Phi) is 6.45. The largest absolute Gasteiger partial charge is 0.401 e. The molecule has 0 aliphatic carbocycles. The highest BCUT2D eigenvalue weighted by Crippen LogP contribution is 2.19. The van der Waals surface area contributed by atoms with Crippen molar-refractivity contribution in [3.63, 3.8) is 0 Å². The summed E-state index contributed by atoms with van der Waals surface area (Å²) < 4.78 is 36.8. The van der Waals surface area contributed by atoms with Crippen LogP contribution < -0.4 is 5.32 Å². The highest BCUT2D eigenvalue weighted by molar-refractivity contribution is 7.99. The summed E-state index contributed by atoms with van der Waals surface area (Å²) in [5.41, 5.74) is 0. The quantitative estimate of drug-likeness (QED) is 0.832. The van der Waals surface area contributed by atoms with Gasteiger partial charge in [0.15, 0.2) is 0 Å². The molecule has 0 bridgehead atoms. The van der Waals surface area contributed by atoms with Gasteiger partial charge in [-0.2, -0.15) is 24.9 Å². The molecule has 2 aliphatic rings. The Labute approximate surface area is 123 Å². The third-order valence-electron chi connectivity index (χ3n) is 3.96. The van der Waals surface area contributed by atoms with Crippen LogP contribution in [0.3, 0.4) is 0 Å². The minimum Gasteiger partial charge on any atom is -0.313 e. The molecular formula is C13H24F3N3S. The number of hydrogen-bond donors (Lipinski definition) is 1. The van der Waals surface area contributed by atoms with Crippen LogP contribution in [0.1, 0.15) is 12.8 Å². The normalized spacial score (nSPS) is 24.1. The van der Waals surface area contributed by atoms with Crippen molar-refractivity contribution < 1.29 is 13.2 Å². The third-order valence-corrected chi connectivity index (χ3v) is 4.90. The number of likely N-dealkylation sites (tertiary alicyclic amines) is 1. The molecule has 0 atom stereocenters. The predicted octanol–water partition coefficient (Wildman–Crippen LogP) is 1.65. The van der Waals surface area contributed by atoms with Gasteiger partial charge in [-0.1, -0.05) is 0 Å². The molecule has 2 heterocycles. The smallest absolute Gasteiger partial charge is 0.313 e. The molecule has 0 unspecified atom stereocenters. The zero-order valence-corrected chi connectivity index (χ0v) is 12.6. The predicted molar refractivity (Wildman–Crippen MR) is 77.3 cm³/mol. The average molecular weight is 311 g/mol. The summed E-state index contributed by atoms with van der Waals surface area (Å²) in [6.45, 7) is 4.69. The van der Waals surface area contributed by atoms with Gasteiger partial charge in [0.2, 0.25) is 0 Å². The van der Waals surface area contributed by atoms with Crippen LogP contribution in [-0.2, 0) is 0 Å². The van der Waals surface area contributed by atoms with Gasteiger partial charge >= 0.3 is 6.18 Å². The van der Waals surface area contributed by atoms with Gasteiger partial charge in [-0.15, -0.1) is 0 Å². The number of nitrogens with one attached hydrogen (secondary N) is 1. The van der Waals surface area contributed by atoms with Crippen LogP contribution >= 0.6 is 11.8 Å². The van der Waals surface area contributed by atoms with Crippen LogP contribution in [0, 0.1) is 0 Å². The van der Waals surface area contributed by atoms with Crippen molar-refractivity contribution in [2.75, 3.05) is 57.3 Å². The molecule has 0 aromatic heterocycles. The highest BCUT2D eigenvalue weighted by atomic mass is 32.2. The van der Waals surface area contributed by atoms with Gasteiger partial charge in [-0.05, 0) is 25.9 Å². The number of rotatable bonds is 5. The number of alkyl halides is 3. The highest BCUT2D eigenvalue weighted by Gasteiger charge is 2.32. The van der Waals surface area contributed by atoms with Crippen molar-refractivity contribution in [2.24, 2.45) is 0 Å². The van der Waals surface area contributed by atoms with Gasteiger partial charge in [0.1, 0.15) is 0 Å². The summed E-state index contributed by atoms with van der Waals surface area (Å²) in [6, 6.07) is 0.388. The van der Waals surface area contributed by atoms with E-state index in [1.165, 1.54) is 16.4 Å². The fourth-order valence-electron chi connectivity index (χ4n) is 2.80. The maximum Gasteiger partial charge on any atom is 0.401 e. The molecule has 0 saturated carbocycles. The van der Waals surface area contributed by atoms with E-state index in [0.29, 0.717) is 19.1 Å². The molecule has 1 N–H and O–H groups in total. The number of piperidine rings is 1. The third kappa shape index (κ3) is 6.20. The molecule has 0 aromatic rings. The summed E-state index contributed by atoms with van der Waals surface area (Å²) in [5, 5.41) is 3.50. The molecule has 0 spiro atoms. The van der Waals surface area contributed by atoms with Gasteiger partial charge in [0.05, 0.1) is 6.54 Å². The van der Waals surface area contributed by atoms with E-state index in [1.807, 2.05) is 11.8 Å². The van der Waals surface area contributed by atoms with Crippen molar-refractivity contribution in [3.8, 4) is 0 Å². The molecule has 7 heteroatoms. The first kappa shape index (κ1) is 16.4. The summed E-state index contributed by atoms with van der Waals surface area (Å²) in [5.74, 6) is 2.44. The van der Waals surface area contributed by atoms with Crippen LogP contribution in [0.15, 0.2) is 0 Å². The fourth-order valence-corrected chi connectivity index (χ4v) is 3.78. The van der Waals surface area contributed by atoms with Gasteiger partial charge in [-0.25, -0.2) is 0 Å². The van der Waals surface area contributed by atoms with Gasteiger partial charge in [0, 0.05) is 43.7 Å². The van der Waals surface area contributed by atoms with Crippen LogP contribution in [0.5, 0.6) is 0 Å². The maximum absolute atomic E-state index is 12.3. The standard InChI is InChI=1S/C13H24F3N3S/c14-13(15,16)11-19-4-1-12(2-5-19)17-3-6-18-7-9-20-10-8-18/h12,17H,1-11H2. The Balaban J connectivity index is 1.55. The Bertz CT molecular complexity index is 275. The van der Waals surface area contributed by atoms with Crippen molar-refractivity contribution in [1.82, 2.24) is 15.1 Å². The van der Waals surface area contributed by atoms with E-state index in [2.05, 4.69) is 10.2 Å². The van der Waals surface area contributed by atoms with E-state index in [9.17, 15) is 13.2 Å². The molecule has 0 aromatic carbocycles. The second kappa shape index (κ2) is 7.87. The lowest BCUT2D eigenvalue weighted by Crippen LogP contribution is -2.47. The van der Waals surface area contributed by atoms with Gasteiger partial charge < -0.3 is 10.2 Å². The zero-order chi connectivity index (χ0) is 14.4. The minimum absolute atomic E-state index is 0.388. The summed E-state index contributed by atoms with van der Waals surface area (Å²) in [4.78, 5) is 3.97. The number of hydrogen-bond acceptors (Lipinski definition) is 4. The average Bonchev–Trinajstić information content (AvgIpc) is 2.40. The van der Waals surface area contributed by atoms with Gasteiger partial charge in [0.25, 0.3) is 0 Å². The first-order valence-corrected chi connectivity index (χ1v) is 8.51. The van der Waals surface area contributed by atoms with Crippen LogP contribution in [0.4, 0.5) is 13.2 Å². The lowest BCUT2D eigenvalue weighted by atomic mass is 10.1. The SMILES string of the molecule is FC(F)(F)CN1CCC(NCCN2CCSCC2)CC1. The minimum atomic E-state index is -4.06. The second-order valence-corrected chi connectivity index (χ2v) is 6.80. The summed E-state index contributed by atoms with van der Waals surface area (Å²) in [6.07, 6.45) is -2.41. The van der Waals surface area contributed by atoms with Crippen molar-refractivity contribution in [1.29, 1.82) is 0 Å². The van der Waals surface area contributed by atoms with E-state index < -0.39 is 12.7 Å². The zero-order valence-electron chi connectivity index (χ0n) is 11.8. The van der Waals surface area contributed by atoms with E-state index >= 15 is 0 Å². The molecule has 2 fully saturated rings. The van der Waals surface area contributed by atoms with Crippen LogP contribution in [0.2, 0.25) is 0 Å². The molecule has 118 valence electrons. The molecular weight excluding hydrogens is 287 g/mol. The van der Waals surface area contributed by atoms with Crippen molar-refractivity contribution >= 4 is 11.8 Å². The monoisotopic (exact) mass is 311 g/mol. The Hall–Kier alpha value is 0.0200. The Morgan fingerprint density at radius 3 is 2.25 bits per heavy atom. The molecule has 2 saturated heterocycles. The topological polar surface area (TPSA) is 18.5 Å². The molecule has 2 rings (SSSR count). The maximum atomic E-state index is 12.3. The molecule has 3 nitrogen and oxygen atoms in total. The molecule has 20 heavy (non-hydrogen) atoms. The Morgan fingerprint density at radius 1 is 1.00 bits per heavy atom. The number of nitrogens with zero attached hydrogens (tertiary/aromatic N) is 2. The molecule has 0 amide bonds. The van der Waals surface area contributed by atoms with Gasteiger partial charge in [-0.3, -0.25) is 4.90 Å². The van der Waals surface area contributed by atoms with Crippen LogP contribution in [0.25, 0.3) is 0 Å². The van der Waals surface area contributed by atoms with Crippen molar-refractivity contribution in [2.45, 2.75) is 25.1 Å². The lowest BCUT2D eigenvalue weighted by molar-refractivity contribution is -0.148.